The van der Waals surface area contributed by atoms with Crippen LogP contribution in [0.3, 0.4) is 0 Å². The summed E-state index contributed by atoms with van der Waals surface area (Å²) in [4.78, 5) is 11.6. The Morgan fingerprint density at radius 3 is 2.89 bits per heavy atom. The maximum Gasteiger partial charge on any atom is 0.220 e. The van der Waals surface area contributed by atoms with E-state index in [1.807, 2.05) is 20.8 Å². The quantitative estimate of drug-likeness (QED) is 0.388. The first-order valence-corrected chi connectivity index (χ1v) is 8.68. The summed E-state index contributed by atoms with van der Waals surface area (Å²) in [6.07, 6.45) is 0.492. The van der Waals surface area contributed by atoms with E-state index in [1.165, 1.54) is 0 Å². The van der Waals surface area contributed by atoms with Gasteiger partial charge < -0.3 is 15.2 Å². The topological polar surface area (TPSA) is 61.9 Å². The number of aliphatic hydroxyl groups excluding tert-OH is 1. The van der Waals surface area contributed by atoms with Crippen LogP contribution in [0.1, 0.15) is 27.2 Å². The highest BCUT2D eigenvalue weighted by molar-refractivity contribution is 8.77. The van der Waals surface area contributed by atoms with Gasteiger partial charge in [0.2, 0.25) is 5.91 Å². The molecule has 0 saturated carbocycles. The molecule has 1 aliphatic rings. The summed E-state index contributed by atoms with van der Waals surface area (Å²) in [5, 5.41) is 13.9. The van der Waals surface area contributed by atoms with Crippen molar-refractivity contribution in [3.8, 4) is 0 Å². The number of nitrogens with one attached hydrogen (secondary N) is 1. The molecule has 0 aromatic carbocycles. The summed E-state index contributed by atoms with van der Waals surface area (Å²) in [7, 11) is 3.15. The Morgan fingerprint density at radius 2 is 2.32 bits per heavy atom. The van der Waals surface area contributed by atoms with Gasteiger partial charge in [-0.15, -0.1) is 0 Å². The van der Waals surface area contributed by atoms with Crippen molar-refractivity contribution in [2.75, 3.05) is 18.9 Å². The Hall–Kier alpha value is -0.170. The second-order valence-corrected chi connectivity index (χ2v) is 8.02. The molecule has 0 aromatic heterocycles. The third-order valence-electron chi connectivity index (χ3n) is 3.19. The van der Waals surface area contributed by atoms with Crippen LogP contribution in [0.5, 0.6) is 0 Å². The highest BCUT2D eigenvalue weighted by Crippen LogP contribution is 2.46. The SMILES string of the molecule is C=CSSCCC(=O)NCC1(C)OC1C(C)(C)CO. The third-order valence-corrected chi connectivity index (χ3v) is 5.15. The van der Waals surface area contributed by atoms with E-state index in [4.69, 9.17) is 4.74 Å². The Bertz CT molecular complexity index is 336. The molecule has 0 aromatic rings. The highest BCUT2D eigenvalue weighted by Gasteiger charge is 2.59. The van der Waals surface area contributed by atoms with Gasteiger partial charge in [0.15, 0.2) is 0 Å². The van der Waals surface area contributed by atoms with Gasteiger partial charge in [0.1, 0.15) is 5.60 Å². The van der Waals surface area contributed by atoms with Gasteiger partial charge in [0.25, 0.3) is 0 Å². The standard InChI is InChI=1S/C13H23NO3S2/c1-5-18-19-7-6-10(16)14-8-13(4)11(17-13)12(2,3)9-15/h5,11,15H,1,6-9H2,2-4H3,(H,14,16). The van der Waals surface area contributed by atoms with Gasteiger partial charge in [-0.25, -0.2) is 0 Å². The third kappa shape index (κ3) is 5.02. The van der Waals surface area contributed by atoms with E-state index < -0.39 is 0 Å². The van der Waals surface area contributed by atoms with E-state index in [0.717, 1.165) is 5.75 Å². The van der Waals surface area contributed by atoms with Crippen LogP contribution in [0.2, 0.25) is 0 Å². The normalized spacial score (nSPS) is 26.0. The molecule has 0 spiro atoms. The lowest BCUT2D eigenvalue weighted by Crippen LogP contribution is -2.38. The molecule has 2 atom stereocenters. The molecule has 1 amide bonds. The minimum Gasteiger partial charge on any atom is -0.396 e. The van der Waals surface area contributed by atoms with Crippen molar-refractivity contribution in [3.05, 3.63) is 12.0 Å². The Labute approximate surface area is 123 Å². The molecule has 0 aliphatic carbocycles. The molecule has 1 heterocycles. The van der Waals surface area contributed by atoms with Crippen LogP contribution in [0.15, 0.2) is 12.0 Å². The molecule has 1 fully saturated rings. The molecule has 1 rings (SSSR count). The minimum atomic E-state index is -0.342. The van der Waals surface area contributed by atoms with Gasteiger partial charge in [0.05, 0.1) is 12.7 Å². The lowest BCUT2D eigenvalue weighted by Gasteiger charge is -2.20. The zero-order chi connectivity index (χ0) is 14.5. The fourth-order valence-electron chi connectivity index (χ4n) is 2.03. The minimum absolute atomic E-state index is 0.00371. The molecular weight excluding hydrogens is 282 g/mol. The summed E-state index contributed by atoms with van der Waals surface area (Å²) in [5.74, 6) is 0.806. The van der Waals surface area contributed by atoms with Crippen molar-refractivity contribution < 1.29 is 14.6 Å². The molecule has 1 aliphatic heterocycles. The van der Waals surface area contributed by atoms with Crippen molar-refractivity contribution in [1.29, 1.82) is 0 Å². The number of epoxide rings is 1. The predicted octanol–water partition coefficient (Wildman–Crippen LogP) is 2.19. The van der Waals surface area contributed by atoms with E-state index >= 15 is 0 Å². The lowest BCUT2D eigenvalue weighted by molar-refractivity contribution is -0.120. The molecule has 4 nitrogen and oxygen atoms in total. The summed E-state index contributed by atoms with van der Waals surface area (Å²) in [6, 6.07) is 0. The molecule has 0 radical (unpaired) electrons. The van der Waals surface area contributed by atoms with E-state index in [9.17, 15) is 9.90 Å². The van der Waals surface area contributed by atoms with E-state index in [-0.39, 0.29) is 29.6 Å². The Morgan fingerprint density at radius 1 is 1.63 bits per heavy atom. The number of amides is 1. The van der Waals surface area contributed by atoms with Gasteiger partial charge >= 0.3 is 0 Å². The van der Waals surface area contributed by atoms with Gasteiger partial charge in [-0.1, -0.05) is 42.0 Å². The highest BCUT2D eigenvalue weighted by atomic mass is 33.1. The van der Waals surface area contributed by atoms with Crippen LogP contribution in [0.4, 0.5) is 0 Å². The molecule has 2 unspecified atom stereocenters. The van der Waals surface area contributed by atoms with Crippen molar-refractivity contribution in [2.45, 2.75) is 38.9 Å². The zero-order valence-corrected chi connectivity index (χ0v) is 13.4. The van der Waals surface area contributed by atoms with E-state index in [0.29, 0.717) is 13.0 Å². The molecule has 6 heteroatoms. The number of rotatable bonds is 9. The second kappa shape index (κ2) is 7.02. The smallest absolute Gasteiger partial charge is 0.220 e. The molecule has 1 saturated heterocycles. The van der Waals surface area contributed by atoms with Gasteiger partial charge in [-0.05, 0) is 12.3 Å². The Kier molecular flexibility index (Phi) is 6.23. The number of carbonyl (C=O) groups is 1. The summed E-state index contributed by atoms with van der Waals surface area (Å²) < 4.78 is 5.66. The number of hydrogen-bond donors (Lipinski definition) is 2. The summed E-state index contributed by atoms with van der Waals surface area (Å²) >= 11 is 0. The van der Waals surface area contributed by atoms with Gasteiger partial charge in [-0.3, -0.25) is 4.79 Å². The van der Waals surface area contributed by atoms with Crippen LogP contribution < -0.4 is 5.32 Å². The number of aliphatic hydroxyl groups is 1. The average Bonchev–Trinajstić information content (AvgIpc) is 3.06. The zero-order valence-electron chi connectivity index (χ0n) is 11.8. The maximum atomic E-state index is 11.6. The van der Waals surface area contributed by atoms with Crippen LogP contribution in [0.25, 0.3) is 0 Å². The summed E-state index contributed by atoms with van der Waals surface area (Å²) in [5.41, 5.74) is -0.610. The van der Waals surface area contributed by atoms with E-state index in [2.05, 4.69) is 11.9 Å². The Balaban J connectivity index is 2.23. The molecule has 19 heavy (non-hydrogen) atoms. The predicted molar refractivity (Wildman–Crippen MR) is 82.0 cm³/mol. The number of hydrogen-bond acceptors (Lipinski definition) is 5. The van der Waals surface area contributed by atoms with Crippen LogP contribution in [0, 0.1) is 5.41 Å². The van der Waals surface area contributed by atoms with E-state index in [1.54, 1.807) is 27.0 Å². The van der Waals surface area contributed by atoms with Crippen molar-refractivity contribution in [2.24, 2.45) is 5.41 Å². The van der Waals surface area contributed by atoms with Gasteiger partial charge in [0, 0.05) is 24.1 Å². The van der Waals surface area contributed by atoms with Crippen molar-refractivity contribution in [1.82, 2.24) is 5.32 Å². The fourth-order valence-corrected chi connectivity index (χ4v) is 3.32. The maximum absolute atomic E-state index is 11.6. The number of carbonyl (C=O) groups excluding carboxylic acids is 1. The molecule has 110 valence electrons. The number of ether oxygens (including phenoxy) is 1. The van der Waals surface area contributed by atoms with Crippen molar-refractivity contribution >= 4 is 27.5 Å². The first-order valence-electron chi connectivity index (χ1n) is 6.30. The lowest BCUT2D eigenvalue weighted by atomic mass is 9.84. The van der Waals surface area contributed by atoms with Crippen LogP contribution in [-0.2, 0) is 9.53 Å². The largest absolute Gasteiger partial charge is 0.396 e. The molecular formula is C13H23NO3S2. The van der Waals surface area contributed by atoms with Crippen LogP contribution >= 0.6 is 21.6 Å². The molecule has 2 N–H and O–H groups in total. The van der Waals surface area contributed by atoms with Crippen LogP contribution in [-0.4, -0.2) is 41.6 Å². The first kappa shape index (κ1) is 16.9. The van der Waals surface area contributed by atoms with Crippen molar-refractivity contribution in [3.63, 3.8) is 0 Å². The average molecular weight is 305 g/mol. The molecule has 0 bridgehead atoms. The first-order chi connectivity index (χ1) is 8.85. The monoisotopic (exact) mass is 305 g/mol. The summed E-state index contributed by atoms with van der Waals surface area (Å²) in [6.45, 7) is 10.1. The fraction of sp³-hybridized carbons (Fsp3) is 0.769. The second-order valence-electron chi connectivity index (χ2n) is 5.57. The van der Waals surface area contributed by atoms with Gasteiger partial charge in [-0.2, -0.15) is 0 Å².